The van der Waals surface area contributed by atoms with Crippen LogP contribution < -0.4 is 4.18 Å². The van der Waals surface area contributed by atoms with Gasteiger partial charge in [0.1, 0.15) is 0 Å². The summed E-state index contributed by atoms with van der Waals surface area (Å²) < 4.78 is 105. The van der Waals surface area contributed by atoms with Crippen LogP contribution in [0.1, 0.15) is 56.9 Å². The van der Waals surface area contributed by atoms with Crippen molar-refractivity contribution in [3.05, 3.63) is 41.0 Å². The van der Waals surface area contributed by atoms with Crippen molar-refractivity contribution in [1.82, 2.24) is 0 Å². The minimum absolute atomic E-state index is 0.0141. The molecule has 0 amide bonds. The Hall–Kier alpha value is -2.47. The van der Waals surface area contributed by atoms with Gasteiger partial charge in [0.15, 0.2) is 11.9 Å². The minimum atomic E-state index is -6.18. The predicted molar refractivity (Wildman–Crippen MR) is 109 cm³/mol. The Morgan fingerprint density at radius 2 is 1.70 bits per heavy atom. The summed E-state index contributed by atoms with van der Waals surface area (Å²) in [6, 6.07) is 4.24. The molecule has 0 N–H and O–H groups in total. The maximum atomic E-state index is 13.2. The number of rotatable bonds is 7. The molecule has 0 bridgehead atoms. The van der Waals surface area contributed by atoms with Gasteiger partial charge in [0, 0.05) is 16.5 Å². The largest absolute Gasteiger partial charge is 0.534 e. The molecule has 1 atom stereocenters. The summed E-state index contributed by atoms with van der Waals surface area (Å²) in [5, 5.41) is -0.251. The van der Waals surface area contributed by atoms with E-state index in [4.69, 9.17) is 9.47 Å². The van der Waals surface area contributed by atoms with Crippen molar-refractivity contribution in [3.8, 4) is 5.75 Å². The number of esters is 1. The first-order valence-electron chi connectivity index (χ1n) is 9.69. The number of aryl methyl sites for hydroxylation is 1. The van der Waals surface area contributed by atoms with Crippen LogP contribution >= 0.6 is 0 Å². The van der Waals surface area contributed by atoms with Crippen molar-refractivity contribution in [3.63, 3.8) is 0 Å². The molecule has 12 heteroatoms. The first-order chi connectivity index (χ1) is 15.0. The van der Waals surface area contributed by atoms with Crippen LogP contribution in [0.5, 0.6) is 5.75 Å². The van der Waals surface area contributed by atoms with E-state index >= 15 is 0 Å². The standard InChI is InChI=1S/C21H23F5O6S/c1-6-30-19(27)17(31-20(3,4)5)15-11(2)9-13-10-12(18(22)23)7-8-14(13)16(15)32-33(28,29)21(24,25)26/h7-10,17-18H,6H2,1-5H3/t17-/m0/s1. The Balaban J connectivity index is 2.92. The van der Waals surface area contributed by atoms with Gasteiger partial charge in [-0.3, -0.25) is 0 Å². The fraction of sp³-hybridized carbons (Fsp3) is 0.476. The van der Waals surface area contributed by atoms with Crippen LogP contribution in [0.2, 0.25) is 0 Å². The van der Waals surface area contributed by atoms with Crippen LogP contribution in [0.4, 0.5) is 22.0 Å². The number of benzene rings is 2. The Morgan fingerprint density at radius 3 is 2.18 bits per heavy atom. The van der Waals surface area contributed by atoms with E-state index < -0.39 is 51.0 Å². The minimum Gasteiger partial charge on any atom is -0.464 e. The zero-order valence-corrected chi connectivity index (χ0v) is 19.2. The quantitative estimate of drug-likeness (QED) is 0.210. The molecule has 0 aliphatic heterocycles. The van der Waals surface area contributed by atoms with E-state index in [0.717, 1.165) is 18.2 Å². The van der Waals surface area contributed by atoms with Crippen LogP contribution in [-0.2, 0) is 24.4 Å². The van der Waals surface area contributed by atoms with Gasteiger partial charge in [-0.1, -0.05) is 18.2 Å². The van der Waals surface area contributed by atoms with Crippen molar-refractivity contribution in [1.29, 1.82) is 0 Å². The highest BCUT2D eigenvalue weighted by Crippen LogP contribution is 2.43. The predicted octanol–water partition coefficient (Wildman–Crippen LogP) is 5.73. The molecule has 0 heterocycles. The first kappa shape index (κ1) is 26.8. The molecule has 184 valence electrons. The molecule has 0 saturated carbocycles. The second kappa shape index (κ2) is 9.41. The summed E-state index contributed by atoms with van der Waals surface area (Å²) in [6.45, 7) is 7.46. The number of hydrogen-bond acceptors (Lipinski definition) is 6. The number of carbonyl (C=O) groups is 1. The lowest BCUT2D eigenvalue weighted by atomic mass is 9.95. The Bertz CT molecular complexity index is 1140. The SMILES string of the molecule is CCOC(=O)[C@@H](OC(C)(C)C)c1c(C)cc2cc(C(F)F)ccc2c1OS(=O)(=O)C(F)(F)F. The zero-order chi connectivity index (χ0) is 25.4. The molecular formula is C21H23F5O6S. The summed E-state index contributed by atoms with van der Waals surface area (Å²) in [5.74, 6) is -1.85. The topological polar surface area (TPSA) is 78.9 Å². The van der Waals surface area contributed by atoms with E-state index in [1.165, 1.54) is 19.9 Å². The van der Waals surface area contributed by atoms with Gasteiger partial charge in [-0.15, -0.1) is 0 Å². The van der Waals surface area contributed by atoms with Gasteiger partial charge in [0.05, 0.1) is 12.2 Å². The van der Waals surface area contributed by atoms with Crippen molar-refractivity contribution < 1.29 is 48.8 Å². The average molecular weight is 498 g/mol. The third kappa shape index (κ3) is 6.11. The molecule has 2 rings (SSSR count). The van der Waals surface area contributed by atoms with E-state index in [1.54, 1.807) is 20.8 Å². The van der Waals surface area contributed by atoms with Crippen LogP contribution in [0.25, 0.3) is 10.8 Å². The lowest BCUT2D eigenvalue weighted by molar-refractivity contribution is -0.167. The lowest BCUT2D eigenvalue weighted by Crippen LogP contribution is -2.31. The zero-order valence-electron chi connectivity index (χ0n) is 18.4. The fourth-order valence-electron chi connectivity index (χ4n) is 3.05. The molecule has 33 heavy (non-hydrogen) atoms. The maximum absolute atomic E-state index is 13.2. The van der Waals surface area contributed by atoms with E-state index in [2.05, 4.69) is 4.18 Å². The molecule has 0 unspecified atom stereocenters. The normalized spacial score (nSPS) is 13.9. The maximum Gasteiger partial charge on any atom is 0.534 e. The molecule has 0 aliphatic rings. The highest BCUT2D eigenvalue weighted by molar-refractivity contribution is 7.88. The Morgan fingerprint density at radius 1 is 1.09 bits per heavy atom. The molecule has 0 spiro atoms. The van der Waals surface area contributed by atoms with Gasteiger partial charge in [-0.25, -0.2) is 13.6 Å². The second-order valence-corrected chi connectivity index (χ2v) is 9.60. The van der Waals surface area contributed by atoms with Crippen molar-refractivity contribution in [2.24, 2.45) is 0 Å². The molecule has 0 fully saturated rings. The molecule has 0 aromatic heterocycles. The highest BCUT2D eigenvalue weighted by atomic mass is 32.2. The number of ether oxygens (including phenoxy) is 2. The number of alkyl halides is 5. The molecule has 2 aromatic rings. The van der Waals surface area contributed by atoms with Crippen molar-refractivity contribution in [2.45, 2.75) is 58.3 Å². The summed E-state index contributed by atoms with van der Waals surface area (Å²) in [5.41, 5.74) is -7.49. The van der Waals surface area contributed by atoms with Gasteiger partial charge in [0.25, 0.3) is 6.43 Å². The molecule has 0 radical (unpaired) electrons. The molecule has 2 aromatic carbocycles. The van der Waals surface area contributed by atoms with Gasteiger partial charge in [-0.2, -0.15) is 21.6 Å². The smallest absolute Gasteiger partial charge is 0.464 e. The number of halogens is 5. The van der Waals surface area contributed by atoms with Crippen molar-refractivity contribution >= 4 is 26.9 Å². The van der Waals surface area contributed by atoms with E-state index in [9.17, 15) is 35.2 Å². The summed E-state index contributed by atoms with van der Waals surface area (Å²) in [7, 11) is -6.18. The van der Waals surface area contributed by atoms with Crippen molar-refractivity contribution in [2.75, 3.05) is 6.61 Å². The monoisotopic (exact) mass is 498 g/mol. The third-order valence-electron chi connectivity index (χ3n) is 4.32. The first-order valence-corrected chi connectivity index (χ1v) is 11.1. The number of carbonyl (C=O) groups excluding carboxylic acids is 1. The van der Waals surface area contributed by atoms with Crippen LogP contribution in [0.3, 0.4) is 0 Å². The summed E-state index contributed by atoms with van der Waals surface area (Å²) >= 11 is 0. The van der Waals surface area contributed by atoms with E-state index in [-0.39, 0.29) is 28.5 Å². The van der Waals surface area contributed by atoms with Crippen LogP contribution in [0.15, 0.2) is 24.3 Å². The van der Waals surface area contributed by atoms with E-state index in [1.807, 2.05) is 0 Å². The molecular weight excluding hydrogens is 475 g/mol. The lowest BCUT2D eigenvalue weighted by Gasteiger charge is -2.29. The molecule has 0 saturated heterocycles. The summed E-state index contributed by atoms with van der Waals surface area (Å²) in [4.78, 5) is 12.7. The van der Waals surface area contributed by atoms with Crippen LogP contribution in [0, 0.1) is 6.92 Å². The Labute approximate surface area is 187 Å². The average Bonchev–Trinajstić information content (AvgIpc) is 2.64. The molecule has 6 nitrogen and oxygen atoms in total. The Kier molecular flexibility index (Phi) is 7.64. The van der Waals surface area contributed by atoms with E-state index in [0.29, 0.717) is 0 Å². The summed E-state index contributed by atoms with van der Waals surface area (Å²) in [6.07, 6.45) is -4.54. The second-order valence-electron chi connectivity index (χ2n) is 8.06. The van der Waals surface area contributed by atoms with Gasteiger partial charge >= 0.3 is 21.6 Å². The van der Waals surface area contributed by atoms with Gasteiger partial charge < -0.3 is 13.7 Å². The third-order valence-corrected chi connectivity index (χ3v) is 5.28. The number of fused-ring (bicyclic) bond motifs is 1. The highest BCUT2D eigenvalue weighted by Gasteiger charge is 2.49. The number of hydrogen-bond donors (Lipinski definition) is 0. The van der Waals surface area contributed by atoms with Gasteiger partial charge in [0.2, 0.25) is 0 Å². The fourth-order valence-corrected chi connectivity index (χ4v) is 3.54. The van der Waals surface area contributed by atoms with Crippen LogP contribution in [-0.4, -0.2) is 32.1 Å². The molecule has 0 aliphatic carbocycles. The van der Waals surface area contributed by atoms with Gasteiger partial charge in [-0.05, 0) is 51.6 Å².